The molecule has 1 aromatic rings. The Hall–Kier alpha value is -2.97. The van der Waals surface area contributed by atoms with Gasteiger partial charge in [0.05, 0.1) is 30.8 Å². The predicted octanol–water partition coefficient (Wildman–Crippen LogP) is 2.26. The highest BCUT2D eigenvalue weighted by Crippen LogP contribution is 2.57. The second kappa shape index (κ2) is 9.72. The fourth-order valence-corrected chi connectivity index (χ4v) is 6.59. The molecule has 0 aromatic heterocycles. The minimum absolute atomic E-state index is 0.107. The van der Waals surface area contributed by atoms with Crippen LogP contribution in [0.3, 0.4) is 0 Å². The maximum Gasteiger partial charge on any atom is 0.313 e. The molecule has 1 N–H and O–H groups in total. The molecule has 2 saturated heterocycles. The summed E-state index contributed by atoms with van der Waals surface area (Å²) in [7, 11) is 0. The first-order chi connectivity index (χ1) is 17.7. The standard InChI is InChI=1S/C29H36N2O6/c1-19(2)30-15-10-14-29-22(23-27(35)36-16-9-5-8-13-28(23,3)37-29)25(33)31(24(29)26(30)34)21(18-32)17-20-11-6-4-7-12-20/h4,6-8,10-14,19,21-24,32H,5,9,15-18H2,1-3H3/b13-8-/t21-,22+,23-,24?,28+,29+/m1/s1. The van der Waals surface area contributed by atoms with Crippen LogP contribution >= 0.6 is 0 Å². The summed E-state index contributed by atoms with van der Waals surface area (Å²) in [5.74, 6) is -2.95. The molecule has 4 heterocycles. The van der Waals surface area contributed by atoms with Crippen LogP contribution in [0.25, 0.3) is 0 Å². The first-order valence-electron chi connectivity index (χ1n) is 13.2. The van der Waals surface area contributed by atoms with E-state index in [0.29, 0.717) is 19.4 Å². The number of hydrogen-bond acceptors (Lipinski definition) is 6. The van der Waals surface area contributed by atoms with Gasteiger partial charge in [-0.3, -0.25) is 14.4 Å². The van der Waals surface area contributed by atoms with Crippen molar-refractivity contribution in [3.05, 3.63) is 60.2 Å². The van der Waals surface area contributed by atoms with Crippen LogP contribution in [-0.2, 0) is 30.3 Å². The van der Waals surface area contributed by atoms with E-state index in [4.69, 9.17) is 9.47 Å². The Morgan fingerprint density at radius 2 is 1.81 bits per heavy atom. The molecular formula is C29H36N2O6. The number of carbonyl (C=O) groups excluding carboxylic acids is 3. The topological polar surface area (TPSA) is 96.4 Å². The molecule has 8 heteroatoms. The van der Waals surface area contributed by atoms with Crippen molar-refractivity contribution in [1.29, 1.82) is 0 Å². The molecule has 198 valence electrons. The Morgan fingerprint density at radius 1 is 1.05 bits per heavy atom. The highest BCUT2D eigenvalue weighted by Gasteiger charge is 2.75. The first kappa shape index (κ1) is 25.7. The van der Waals surface area contributed by atoms with E-state index in [1.165, 1.54) is 4.90 Å². The molecule has 4 aliphatic rings. The molecule has 0 bridgehead atoms. The van der Waals surface area contributed by atoms with Gasteiger partial charge in [-0.2, -0.15) is 0 Å². The number of amides is 2. The number of carbonyl (C=O) groups is 3. The van der Waals surface area contributed by atoms with Crippen molar-refractivity contribution in [3.63, 3.8) is 0 Å². The maximum atomic E-state index is 14.4. The van der Waals surface area contributed by atoms with E-state index in [1.807, 2.05) is 68.5 Å². The summed E-state index contributed by atoms with van der Waals surface area (Å²) in [5, 5.41) is 10.5. The van der Waals surface area contributed by atoms with Gasteiger partial charge < -0.3 is 24.4 Å². The normalized spacial score (nSPS) is 35.2. The van der Waals surface area contributed by atoms with Crippen LogP contribution in [-0.4, -0.2) is 81.8 Å². The maximum absolute atomic E-state index is 14.4. The second-order valence-corrected chi connectivity index (χ2v) is 11.0. The van der Waals surface area contributed by atoms with E-state index in [-0.39, 0.29) is 31.1 Å². The van der Waals surface area contributed by atoms with Crippen LogP contribution in [0.4, 0.5) is 0 Å². The summed E-state index contributed by atoms with van der Waals surface area (Å²) in [6, 6.07) is 7.80. The van der Waals surface area contributed by atoms with Crippen molar-refractivity contribution >= 4 is 17.8 Å². The van der Waals surface area contributed by atoms with Crippen LogP contribution in [0.1, 0.15) is 39.2 Å². The van der Waals surface area contributed by atoms with Crippen molar-refractivity contribution in [3.8, 4) is 0 Å². The first-order valence-corrected chi connectivity index (χ1v) is 13.2. The summed E-state index contributed by atoms with van der Waals surface area (Å²) in [6.07, 6.45) is 9.31. The lowest BCUT2D eigenvalue weighted by atomic mass is 9.74. The third-order valence-corrected chi connectivity index (χ3v) is 8.26. The van der Waals surface area contributed by atoms with Gasteiger partial charge in [-0.05, 0) is 45.6 Å². The number of aliphatic hydroxyl groups excluding tert-OH is 1. The van der Waals surface area contributed by atoms with Crippen LogP contribution in [0, 0.1) is 11.8 Å². The van der Waals surface area contributed by atoms with Gasteiger partial charge in [-0.25, -0.2) is 0 Å². The largest absolute Gasteiger partial charge is 0.465 e. The number of likely N-dealkylation sites (tertiary alicyclic amines) is 1. The summed E-state index contributed by atoms with van der Waals surface area (Å²) < 4.78 is 12.4. The number of fused-ring (bicyclic) bond motifs is 2. The molecule has 8 nitrogen and oxygen atoms in total. The van der Waals surface area contributed by atoms with Crippen molar-refractivity contribution in [1.82, 2.24) is 9.80 Å². The van der Waals surface area contributed by atoms with Gasteiger partial charge in [-0.1, -0.05) is 54.6 Å². The number of rotatable bonds is 5. The lowest BCUT2D eigenvalue weighted by Crippen LogP contribution is -2.59. The SMILES string of the molecule is CC(C)N1CC=C[C@]23O[C@@]4(C)/C=C\CCCOC(=O)[C@H]4[C@H]2C(=O)N([C@@H](CO)Cc2ccccc2)C3C1=O. The summed E-state index contributed by atoms with van der Waals surface area (Å²) in [4.78, 5) is 45.3. The number of aliphatic hydroxyl groups is 1. The van der Waals surface area contributed by atoms with Crippen molar-refractivity contribution in [2.24, 2.45) is 11.8 Å². The van der Waals surface area contributed by atoms with Gasteiger partial charge >= 0.3 is 5.97 Å². The molecule has 0 radical (unpaired) electrons. The third kappa shape index (κ3) is 4.10. The molecule has 1 aromatic carbocycles. The quantitative estimate of drug-likeness (QED) is 0.484. The molecule has 1 spiro atoms. The van der Waals surface area contributed by atoms with Crippen LogP contribution in [0.5, 0.6) is 0 Å². The smallest absolute Gasteiger partial charge is 0.313 e. The lowest BCUT2D eigenvalue weighted by molar-refractivity contribution is -0.161. The van der Waals surface area contributed by atoms with Crippen LogP contribution in [0.2, 0.25) is 0 Å². The number of ether oxygens (including phenoxy) is 2. The summed E-state index contributed by atoms with van der Waals surface area (Å²) in [5.41, 5.74) is -1.53. The van der Waals surface area contributed by atoms with Gasteiger partial charge in [-0.15, -0.1) is 0 Å². The van der Waals surface area contributed by atoms with Gasteiger partial charge in [0.2, 0.25) is 11.8 Å². The number of allylic oxidation sites excluding steroid dienone is 1. The molecule has 6 atom stereocenters. The highest BCUT2D eigenvalue weighted by molar-refractivity contribution is 5.99. The molecule has 0 aliphatic carbocycles. The number of cyclic esters (lactones) is 1. The van der Waals surface area contributed by atoms with Crippen molar-refractivity contribution in [2.75, 3.05) is 19.8 Å². The molecule has 5 rings (SSSR count). The Bertz CT molecular complexity index is 1120. The fraction of sp³-hybridized carbons (Fsp3) is 0.552. The summed E-state index contributed by atoms with van der Waals surface area (Å²) >= 11 is 0. The molecule has 37 heavy (non-hydrogen) atoms. The molecule has 1 unspecified atom stereocenters. The Labute approximate surface area is 217 Å². The Morgan fingerprint density at radius 3 is 2.51 bits per heavy atom. The zero-order valence-electron chi connectivity index (χ0n) is 21.7. The molecule has 2 fully saturated rings. The predicted molar refractivity (Wildman–Crippen MR) is 136 cm³/mol. The number of benzene rings is 1. The molecular weight excluding hydrogens is 472 g/mol. The number of nitrogens with zero attached hydrogens (tertiary/aromatic N) is 2. The van der Waals surface area contributed by atoms with Gasteiger partial charge in [0.15, 0.2) is 0 Å². The van der Waals surface area contributed by atoms with Gasteiger partial charge in [0.25, 0.3) is 0 Å². The van der Waals surface area contributed by atoms with E-state index >= 15 is 0 Å². The third-order valence-electron chi connectivity index (χ3n) is 8.26. The van der Waals surface area contributed by atoms with Gasteiger partial charge in [0, 0.05) is 12.6 Å². The molecule has 4 aliphatic heterocycles. The number of esters is 1. The zero-order chi connectivity index (χ0) is 26.4. The van der Waals surface area contributed by atoms with E-state index in [9.17, 15) is 19.5 Å². The summed E-state index contributed by atoms with van der Waals surface area (Å²) in [6.45, 7) is 5.98. The lowest BCUT2D eigenvalue weighted by Gasteiger charge is -2.40. The zero-order valence-corrected chi connectivity index (χ0v) is 21.7. The van der Waals surface area contributed by atoms with E-state index in [2.05, 4.69) is 0 Å². The average Bonchev–Trinajstić information content (AvgIpc) is 3.22. The Kier molecular flexibility index (Phi) is 6.75. The van der Waals surface area contributed by atoms with E-state index < -0.39 is 41.1 Å². The highest BCUT2D eigenvalue weighted by atomic mass is 16.6. The minimum atomic E-state index is -1.36. The van der Waals surface area contributed by atoms with Crippen LogP contribution in [0.15, 0.2) is 54.6 Å². The van der Waals surface area contributed by atoms with Crippen molar-refractivity contribution in [2.45, 2.75) is 69.4 Å². The minimum Gasteiger partial charge on any atom is -0.465 e. The second-order valence-electron chi connectivity index (χ2n) is 11.0. The van der Waals surface area contributed by atoms with Crippen molar-refractivity contribution < 1.29 is 29.0 Å². The number of hydrogen-bond donors (Lipinski definition) is 1. The molecule has 2 amide bonds. The van der Waals surface area contributed by atoms with E-state index in [1.54, 1.807) is 11.8 Å². The fourth-order valence-electron chi connectivity index (χ4n) is 6.59. The van der Waals surface area contributed by atoms with Crippen LogP contribution < -0.4 is 0 Å². The van der Waals surface area contributed by atoms with Gasteiger partial charge in [0.1, 0.15) is 17.6 Å². The molecule has 0 saturated carbocycles. The van der Waals surface area contributed by atoms with E-state index in [0.717, 1.165) is 12.0 Å². The average molecular weight is 509 g/mol. The Balaban J connectivity index is 1.65. The monoisotopic (exact) mass is 508 g/mol.